The van der Waals surface area contributed by atoms with Gasteiger partial charge < -0.3 is 23.1 Å². The van der Waals surface area contributed by atoms with Gasteiger partial charge in [-0.3, -0.25) is 4.57 Å². The van der Waals surface area contributed by atoms with Crippen molar-refractivity contribution in [1.29, 1.82) is 0 Å². The molecule has 0 radical (unpaired) electrons. The third-order valence-corrected chi connectivity index (χ3v) is 8.28. The molecule has 0 unspecified atom stereocenters. The van der Waals surface area contributed by atoms with Crippen molar-refractivity contribution in [2.24, 2.45) is 0 Å². The molecule has 0 saturated heterocycles. The summed E-state index contributed by atoms with van der Waals surface area (Å²) in [5.41, 5.74) is -0.388. The summed E-state index contributed by atoms with van der Waals surface area (Å²) in [5.74, 6) is 0. The van der Waals surface area contributed by atoms with Crippen molar-refractivity contribution in [3.8, 4) is 0 Å². The third kappa shape index (κ3) is 3.38. The largest absolute Gasteiger partial charge is 0.503 e. The monoisotopic (exact) mass is 284 g/mol. The van der Waals surface area contributed by atoms with E-state index in [4.69, 9.17) is 23.1 Å². The Labute approximate surface area is 103 Å². The zero-order valence-corrected chi connectivity index (χ0v) is 12.4. The Morgan fingerprint density at radius 3 is 1.71 bits per heavy atom. The van der Waals surface area contributed by atoms with Gasteiger partial charge in [-0.25, -0.2) is 0 Å². The van der Waals surface area contributed by atoms with Crippen LogP contribution in [-0.4, -0.2) is 45.6 Å². The van der Waals surface area contributed by atoms with Crippen molar-refractivity contribution in [1.82, 2.24) is 0 Å². The Hall–Kier alpha value is 0.247. The molecule has 0 aromatic carbocycles. The molecule has 0 aromatic rings. The Balaban J connectivity index is 2.65. The van der Waals surface area contributed by atoms with Gasteiger partial charge in [-0.15, -0.1) is 0 Å². The van der Waals surface area contributed by atoms with Crippen LogP contribution in [0.4, 0.5) is 0 Å². The van der Waals surface area contributed by atoms with Crippen molar-refractivity contribution in [3.63, 3.8) is 0 Å². The van der Waals surface area contributed by atoms with Gasteiger partial charge in [0, 0.05) is 26.9 Å². The molecular formula is C9H21O6PSi. The van der Waals surface area contributed by atoms with Gasteiger partial charge in [-0.2, -0.15) is 0 Å². The molecule has 1 aliphatic carbocycles. The van der Waals surface area contributed by atoms with E-state index in [1.807, 2.05) is 0 Å². The van der Waals surface area contributed by atoms with Gasteiger partial charge in [0.1, 0.15) is 0 Å². The first-order valence-corrected chi connectivity index (χ1v) is 9.08. The lowest BCUT2D eigenvalue weighted by Gasteiger charge is -2.36. The first kappa shape index (κ1) is 15.3. The highest BCUT2D eigenvalue weighted by Crippen LogP contribution is 2.51. The van der Waals surface area contributed by atoms with E-state index < -0.39 is 22.1 Å². The van der Waals surface area contributed by atoms with Crippen LogP contribution in [-0.2, 0) is 17.8 Å². The predicted molar refractivity (Wildman–Crippen MR) is 64.8 cm³/mol. The standard InChI is InChI=1S/C9H21O6PSi/c1-13-17(14-2,15-3)9-6-4-8(5-7-9)16(10,11)12/h8-9H,4-7H2,1-3H3,(H2,10,11,12). The van der Waals surface area contributed by atoms with Crippen LogP contribution in [0.25, 0.3) is 0 Å². The molecule has 0 aliphatic heterocycles. The number of rotatable bonds is 5. The number of hydrogen-bond donors (Lipinski definition) is 2. The van der Waals surface area contributed by atoms with E-state index in [0.29, 0.717) is 25.7 Å². The fraction of sp³-hybridized carbons (Fsp3) is 1.00. The minimum Gasteiger partial charge on any atom is -0.377 e. The van der Waals surface area contributed by atoms with Crippen molar-refractivity contribution >= 4 is 16.4 Å². The quantitative estimate of drug-likeness (QED) is 0.585. The maximum atomic E-state index is 11.2. The summed E-state index contributed by atoms with van der Waals surface area (Å²) < 4.78 is 27.4. The molecule has 0 amide bonds. The van der Waals surface area contributed by atoms with Crippen LogP contribution in [0.15, 0.2) is 0 Å². The van der Waals surface area contributed by atoms with Gasteiger partial charge in [-0.05, 0) is 25.7 Å². The molecule has 1 rings (SSSR count). The summed E-state index contributed by atoms with van der Waals surface area (Å²) in [4.78, 5) is 18.3. The van der Waals surface area contributed by atoms with Crippen molar-refractivity contribution < 1.29 is 27.6 Å². The van der Waals surface area contributed by atoms with E-state index in [2.05, 4.69) is 0 Å². The van der Waals surface area contributed by atoms with Crippen LogP contribution in [0.5, 0.6) is 0 Å². The van der Waals surface area contributed by atoms with Gasteiger partial charge in [-0.1, -0.05) is 0 Å². The smallest absolute Gasteiger partial charge is 0.377 e. The summed E-state index contributed by atoms with van der Waals surface area (Å²) in [6.45, 7) is 0. The highest BCUT2D eigenvalue weighted by Gasteiger charge is 2.49. The van der Waals surface area contributed by atoms with Crippen LogP contribution in [0.1, 0.15) is 25.7 Å². The molecule has 0 heterocycles. The lowest BCUT2D eigenvalue weighted by molar-refractivity contribution is 0.104. The molecule has 1 saturated carbocycles. The Kier molecular flexibility index (Phi) is 5.33. The summed E-state index contributed by atoms with van der Waals surface area (Å²) in [7, 11) is -1.92. The second-order valence-corrected chi connectivity index (χ2v) is 9.47. The van der Waals surface area contributed by atoms with Crippen molar-refractivity contribution in [3.05, 3.63) is 0 Å². The average Bonchev–Trinajstić information content (AvgIpc) is 2.32. The average molecular weight is 284 g/mol. The highest BCUT2D eigenvalue weighted by molar-refractivity contribution is 7.52. The van der Waals surface area contributed by atoms with Gasteiger partial charge in [0.05, 0.1) is 5.66 Å². The molecule has 1 fully saturated rings. The van der Waals surface area contributed by atoms with Gasteiger partial charge in [0.2, 0.25) is 0 Å². The van der Waals surface area contributed by atoms with Crippen LogP contribution >= 0.6 is 7.60 Å². The fourth-order valence-electron chi connectivity index (χ4n) is 2.52. The first-order valence-electron chi connectivity index (χ1n) is 5.60. The molecule has 17 heavy (non-hydrogen) atoms. The molecular weight excluding hydrogens is 263 g/mol. The lowest BCUT2D eigenvalue weighted by Crippen LogP contribution is -2.49. The first-order chi connectivity index (χ1) is 7.89. The summed E-state index contributed by atoms with van der Waals surface area (Å²) in [5, 5.41) is 0. The second kappa shape index (κ2) is 5.93. The number of hydrogen-bond acceptors (Lipinski definition) is 4. The van der Waals surface area contributed by atoms with E-state index >= 15 is 0 Å². The van der Waals surface area contributed by atoms with E-state index in [-0.39, 0.29) is 5.54 Å². The van der Waals surface area contributed by atoms with Gasteiger partial charge in [0.25, 0.3) is 0 Å². The van der Waals surface area contributed by atoms with Crippen molar-refractivity contribution in [2.75, 3.05) is 21.3 Å². The van der Waals surface area contributed by atoms with Crippen LogP contribution in [0.2, 0.25) is 5.54 Å². The zero-order chi connectivity index (χ0) is 13.1. The SMILES string of the molecule is CO[Si](OC)(OC)C1CCC(P(=O)(O)O)CC1. The van der Waals surface area contributed by atoms with Crippen LogP contribution in [0.3, 0.4) is 0 Å². The molecule has 1 aliphatic rings. The Morgan fingerprint density at radius 2 is 1.41 bits per heavy atom. The maximum Gasteiger partial charge on any atom is 0.503 e. The summed E-state index contributed by atoms with van der Waals surface area (Å²) >= 11 is 0. The molecule has 8 heteroatoms. The molecule has 102 valence electrons. The van der Waals surface area contributed by atoms with Crippen LogP contribution in [0, 0.1) is 0 Å². The van der Waals surface area contributed by atoms with E-state index in [0.717, 1.165) is 0 Å². The summed E-state index contributed by atoms with van der Waals surface area (Å²) in [6, 6.07) is 0. The lowest BCUT2D eigenvalue weighted by atomic mass is 9.99. The van der Waals surface area contributed by atoms with E-state index in [1.54, 1.807) is 21.3 Å². The molecule has 0 atom stereocenters. The zero-order valence-electron chi connectivity index (χ0n) is 10.5. The van der Waals surface area contributed by atoms with E-state index in [9.17, 15) is 4.57 Å². The predicted octanol–water partition coefficient (Wildman–Crippen LogP) is 1.35. The minimum atomic E-state index is -3.95. The second-order valence-electron chi connectivity index (χ2n) is 4.31. The van der Waals surface area contributed by atoms with Crippen molar-refractivity contribution in [2.45, 2.75) is 36.9 Å². The molecule has 0 spiro atoms. The maximum absolute atomic E-state index is 11.2. The Morgan fingerprint density at radius 1 is 1.00 bits per heavy atom. The molecule has 0 aromatic heterocycles. The summed E-state index contributed by atoms with van der Waals surface area (Å²) in [6.07, 6.45) is 2.36. The topological polar surface area (TPSA) is 85.2 Å². The van der Waals surface area contributed by atoms with Gasteiger partial charge >= 0.3 is 16.4 Å². The van der Waals surface area contributed by atoms with Gasteiger partial charge in [0.15, 0.2) is 0 Å². The normalized spacial score (nSPS) is 27.1. The minimum absolute atomic E-state index is 0.130. The third-order valence-electron chi connectivity index (χ3n) is 3.53. The Bertz CT molecular complexity index is 273. The fourth-order valence-corrected chi connectivity index (χ4v) is 6.03. The van der Waals surface area contributed by atoms with E-state index in [1.165, 1.54) is 0 Å². The highest BCUT2D eigenvalue weighted by atomic mass is 31.2. The van der Waals surface area contributed by atoms with Crippen LogP contribution < -0.4 is 0 Å². The molecule has 2 N–H and O–H groups in total. The molecule has 0 bridgehead atoms. The molecule has 6 nitrogen and oxygen atoms in total.